The fourth-order valence-corrected chi connectivity index (χ4v) is 5.10. The predicted octanol–water partition coefficient (Wildman–Crippen LogP) is 4.25. The van der Waals surface area contributed by atoms with E-state index in [1.165, 1.54) is 11.8 Å². The number of aromatic nitrogens is 2. The van der Waals surface area contributed by atoms with Crippen molar-refractivity contribution in [2.45, 2.75) is 29.2 Å². The summed E-state index contributed by atoms with van der Waals surface area (Å²) in [4.78, 5) is 20.3. The van der Waals surface area contributed by atoms with Crippen LogP contribution in [0, 0.1) is 5.41 Å². The van der Waals surface area contributed by atoms with Gasteiger partial charge in [-0.15, -0.1) is 0 Å². The quantitative estimate of drug-likeness (QED) is 0.735. The van der Waals surface area contributed by atoms with Gasteiger partial charge in [0.25, 0.3) is 5.56 Å². The van der Waals surface area contributed by atoms with Crippen LogP contribution in [0.25, 0.3) is 0 Å². The molecule has 2 aliphatic rings. The van der Waals surface area contributed by atoms with E-state index >= 15 is 0 Å². The monoisotopic (exact) mass is 425 g/mol. The molecule has 27 heavy (non-hydrogen) atoms. The zero-order valence-electron chi connectivity index (χ0n) is 15.1. The van der Waals surface area contributed by atoms with E-state index in [2.05, 4.69) is 9.88 Å². The highest BCUT2D eigenvalue weighted by Gasteiger charge is 2.38. The summed E-state index contributed by atoms with van der Waals surface area (Å²) in [5, 5.41) is 1.71. The molecule has 0 amide bonds. The number of benzene rings is 1. The highest BCUT2D eigenvalue weighted by Crippen LogP contribution is 2.40. The van der Waals surface area contributed by atoms with Crippen LogP contribution in [0.2, 0.25) is 10.0 Å². The predicted molar refractivity (Wildman–Crippen MR) is 109 cm³/mol. The molecule has 0 unspecified atom stereocenters. The molecule has 0 atom stereocenters. The maximum Gasteiger partial charge on any atom is 0.294 e. The van der Waals surface area contributed by atoms with Crippen LogP contribution in [0.5, 0.6) is 0 Å². The van der Waals surface area contributed by atoms with E-state index in [1.54, 1.807) is 23.9 Å². The van der Waals surface area contributed by atoms with Crippen LogP contribution in [0.15, 0.2) is 39.1 Å². The van der Waals surface area contributed by atoms with Crippen LogP contribution in [0.1, 0.15) is 19.3 Å². The van der Waals surface area contributed by atoms with Crippen LogP contribution in [0.3, 0.4) is 0 Å². The van der Waals surface area contributed by atoms with Gasteiger partial charge in [-0.3, -0.25) is 4.79 Å². The second-order valence-corrected chi connectivity index (χ2v) is 9.08. The summed E-state index contributed by atoms with van der Waals surface area (Å²) in [5.41, 5.74) is 0.220. The first kappa shape index (κ1) is 19.1. The minimum absolute atomic E-state index is 0.0863. The molecule has 2 fully saturated rings. The first-order valence-corrected chi connectivity index (χ1v) is 10.6. The summed E-state index contributed by atoms with van der Waals surface area (Å²) in [6.45, 7) is 3.40. The number of nitrogens with zero attached hydrogens (tertiary/aromatic N) is 3. The Morgan fingerprint density at radius 2 is 2.00 bits per heavy atom. The van der Waals surface area contributed by atoms with Crippen molar-refractivity contribution in [3.05, 3.63) is 44.8 Å². The van der Waals surface area contributed by atoms with Gasteiger partial charge >= 0.3 is 0 Å². The fourth-order valence-electron chi connectivity index (χ4n) is 3.73. The molecular formula is C19H21Cl2N3O2S. The SMILES string of the molecule is Cn1c(Sc2cccc(Cl)c2Cl)cnc(N2CCC3(CCOC3)CC2)c1=O. The summed E-state index contributed by atoms with van der Waals surface area (Å²) in [5.74, 6) is 0.521. The van der Waals surface area contributed by atoms with Gasteiger partial charge in [-0.25, -0.2) is 4.98 Å². The fraction of sp³-hybridized carbons (Fsp3) is 0.474. The molecule has 1 spiro atoms. The average Bonchev–Trinajstić information content (AvgIpc) is 3.12. The third-order valence-electron chi connectivity index (χ3n) is 5.56. The van der Waals surface area contributed by atoms with Crippen molar-refractivity contribution in [1.29, 1.82) is 0 Å². The summed E-state index contributed by atoms with van der Waals surface area (Å²) in [6, 6.07) is 5.46. The number of piperidine rings is 1. The molecule has 2 aliphatic heterocycles. The highest BCUT2D eigenvalue weighted by atomic mass is 35.5. The van der Waals surface area contributed by atoms with Crippen LogP contribution < -0.4 is 10.5 Å². The van der Waals surface area contributed by atoms with E-state index in [0.717, 1.165) is 55.5 Å². The molecule has 0 radical (unpaired) electrons. The van der Waals surface area contributed by atoms with E-state index in [4.69, 9.17) is 27.9 Å². The Kier molecular flexibility index (Phi) is 5.43. The Morgan fingerprint density at radius 3 is 2.70 bits per heavy atom. The Hall–Kier alpha value is -1.21. The number of halogens is 2. The van der Waals surface area contributed by atoms with Gasteiger partial charge in [-0.05, 0) is 36.8 Å². The molecule has 0 N–H and O–H groups in total. The van der Waals surface area contributed by atoms with Crippen molar-refractivity contribution < 1.29 is 4.74 Å². The smallest absolute Gasteiger partial charge is 0.294 e. The molecule has 5 nitrogen and oxygen atoms in total. The van der Waals surface area contributed by atoms with Gasteiger partial charge in [0.05, 0.1) is 22.8 Å². The maximum absolute atomic E-state index is 12.9. The van der Waals surface area contributed by atoms with Gasteiger partial charge in [0.1, 0.15) is 5.03 Å². The lowest BCUT2D eigenvalue weighted by Crippen LogP contribution is -2.43. The second kappa shape index (κ2) is 7.66. The number of hydrogen-bond donors (Lipinski definition) is 0. The molecule has 1 aromatic carbocycles. The van der Waals surface area contributed by atoms with Gasteiger partial charge < -0.3 is 14.2 Å². The summed E-state index contributed by atoms with van der Waals surface area (Å²) < 4.78 is 7.22. The van der Waals surface area contributed by atoms with Crippen LogP contribution in [-0.2, 0) is 11.8 Å². The normalized spacial score (nSPS) is 19.0. The molecule has 1 aromatic heterocycles. The number of ether oxygens (including phenoxy) is 1. The lowest BCUT2D eigenvalue weighted by Gasteiger charge is -2.38. The molecule has 2 aromatic rings. The Bertz CT molecular complexity index is 902. The first-order valence-electron chi connectivity index (χ1n) is 9.00. The minimum atomic E-state index is -0.0863. The molecular weight excluding hydrogens is 405 g/mol. The van der Waals surface area contributed by atoms with Crippen molar-refractivity contribution >= 4 is 40.8 Å². The second-order valence-electron chi connectivity index (χ2n) is 7.23. The lowest BCUT2D eigenvalue weighted by atomic mass is 9.78. The highest BCUT2D eigenvalue weighted by molar-refractivity contribution is 7.99. The third kappa shape index (κ3) is 3.73. The lowest BCUT2D eigenvalue weighted by molar-refractivity contribution is 0.133. The first-order chi connectivity index (χ1) is 13.0. The molecule has 3 heterocycles. The molecule has 0 aliphatic carbocycles. The van der Waals surface area contributed by atoms with Crippen molar-refractivity contribution in [3.8, 4) is 0 Å². The van der Waals surface area contributed by atoms with Gasteiger partial charge in [0, 0.05) is 31.6 Å². The Labute approximate surface area is 172 Å². The molecule has 8 heteroatoms. The van der Waals surface area contributed by atoms with Crippen molar-refractivity contribution in [3.63, 3.8) is 0 Å². The van der Waals surface area contributed by atoms with Gasteiger partial charge in [0.15, 0.2) is 5.82 Å². The summed E-state index contributed by atoms with van der Waals surface area (Å²) in [7, 11) is 1.77. The Morgan fingerprint density at radius 1 is 1.22 bits per heavy atom. The van der Waals surface area contributed by atoms with E-state index in [0.29, 0.717) is 21.3 Å². The Balaban J connectivity index is 1.54. The number of rotatable bonds is 3. The summed E-state index contributed by atoms with van der Waals surface area (Å²) in [6.07, 6.45) is 4.96. The molecule has 144 valence electrons. The van der Waals surface area contributed by atoms with Gasteiger partial charge in [0.2, 0.25) is 0 Å². The minimum Gasteiger partial charge on any atom is -0.381 e. The maximum atomic E-state index is 12.9. The van der Waals surface area contributed by atoms with E-state index in [1.807, 2.05) is 12.1 Å². The van der Waals surface area contributed by atoms with Gasteiger partial charge in [-0.1, -0.05) is 41.0 Å². The van der Waals surface area contributed by atoms with Crippen molar-refractivity contribution in [2.24, 2.45) is 12.5 Å². The van der Waals surface area contributed by atoms with Gasteiger partial charge in [-0.2, -0.15) is 0 Å². The van der Waals surface area contributed by atoms with E-state index < -0.39 is 0 Å². The van der Waals surface area contributed by atoms with E-state index in [-0.39, 0.29) is 5.56 Å². The number of anilines is 1. The molecule has 2 saturated heterocycles. The zero-order valence-corrected chi connectivity index (χ0v) is 17.4. The van der Waals surface area contributed by atoms with Crippen LogP contribution in [-0.4, -0.2) is 35.9 Å². The zero-order chi connectivity index (χ0) is 19.0. The molecule has 4 rings (SSSR count). The number of hydrogen-bond acceptors (Lipinski definition) is 5. The topological polar surface area (TPSA) is 47.4 Å². The molecule has 0 saturated carbocycles. The van der Waals surface area contributed by atoms with Crippen LogP contribution in [0.4, 0.5) is 5.82 Å². The molecule has 0 bridgehead atoms. The van der Waals surface area contributed by atoms with Crippen molar-refractivity contribution in [2.75, 3.05) is 31.2 Å². The summed E-state index contributed by atoms with van der Waals surface area (Å²) >= 11 is 13.7. The largest absolute Gasteiger partial charge is 0.381 e. The average molecular weight is 426 g/mol. The van der Waals surface area contributed by atoms with Crippen LogP contribution >= 0.6 is 35.0 Å². The van der Waals surface area contributed by atoms with Crippen molar-refractivity contribution in [1.82, 2.24) is 9.55 Å². The third-order valence-corrected chi connectivity index (χ3v) is 7.64. The standard InChI is InChI=1S/C19H21Cl2N3O2S/c1-23-15(27-14-4-2-3-13(20)16(14)21)11-22-17(18(23)25)24-8-5-19(6-9-24)7-10-26-12-19/h2-4,11H,5-10,12H2,1H3. The van der Waals surface area contributed by atoms with E-state index in [9.17, 15) is 4.79 Å².